The van der Waals surface area contributed by atoms with Gasteiger partial charge in [0.25, 0.3) is 0 Å². The van der Waals surface area contributed by atoms with E-state index in [1.165, 1.54) is 18.0 Å². The molecule has 1 rings (SSSR count). The van der Waals surface area contributed by atoms with Crippen molar-refractivity contribution < 1.29 is 9.18 Å². The van der Waals surface area contributed by atoms with E-state index in [0.29, 0.717) is 6.42 Å². The lowest BCUT2D eigenvalue weighted by atomic mass is 10.4. The Kier molecular flexibility index (Phi) is 3.00. The molecule has 0 radical (unpaired) electrons. The fourth-order valence-corrected chi connectivity index (χ4v) is 1.01. The quantitative estimate of drug-likeness (QED) is 0.698. The number of carbonyl (C=O) groups excluding carboxylic acids is 1. The number of rotatable bonds is 2. The van der Waals surface area contributed by atoms with Gasteiger partial charge in [-0.25, -0.2) is 9.18 Å². The van der Waals surface area contributed by atoms with Crippen molar-refractivity contribution in [3.63, 3.8) is 0 Å². The molecule has 1 aliphatic heterocycles. The van der Waals surface area contributed by atoms with E-state index >= 15 is 0 Å². The second kappa shape index (κ2) is 4.02. The van der Waals surface area contributed by atoms with Gasteiger partial charge in [0.1, 0.15) is 12.0 Å². The Morgan fingerprint density at radius 2 is 2.54 bits per heavy atom. The van der Waals surface area contributed by atoms with Gasteiger partial charge in [-0.15, -0.1) is 0 Å². The number of alkyl halides is 1. The molecule has 0 aromatic rings. The number of urea groups is 1. The van der Waals surface area contributed by atoms with Crippen LogP contribution in [0.4, 0.5) is 9.18 Å². The summed E-state index contributed by atoms with van der Waals surface area (Å²) in [5, 5.41) is 0. The monoisotopic (exact) mass is 185 g/mol. The second-order valence-electron chi connectivity index (χ2n) is 2.91. The van der Waals surface area contributed by atoms with Crippen LogP contribution in [0.25, 0.3) is 0 Å². The van der Waals surface area contributed by atoms with Crippen molar-refractivity contribution >= 4 is 11.9 Å². The first-order chi connectivity index (χ1) is 6.09. The van der Waals surface area contributed by atoms with Crippen molar-refractivity contribution in [2.24, 2.45) is 10.7 Å². The normalized spacial score (nSPS) is 19.7. The lowest BCUT2D eigenvalue weighted by Gasteiger charge is -2.14. The van der Waals surface area contributed by atoms with E-state index in [2.05, 4.69) is 4.99 Å². The third-order valence-electron chi connectivity index (χ3n) is 1.55. The van der Waals surface area contributed by atoms with E-state index in [1.807, 2.05) is 0 Å². The average molecular weight is 185 g/mol. The molecule has 0 aliphatic carbocycles. The van der Waals surface area contributed by atoms with Gasteiger partial charge in [0, 0.05) is 12.6 Å². The van der Waals surface area contributed by atoms with Crippen molar-refractivity contribution in [2.45, 2.75) is 19.5 Å². The second-order valence-corrected chi connectivity index (χ2v) is 2.91. The zero-order chi connectivity index (χ0) is 9.84. The molecule has 13 heavy (non-hydrogen) atoms. The van der Waals surface area contributed by atoms with E-state index in [9.17, 15) is 9.18 Å². The summed E-state index contributed by atoms with van der Waals surface area (Å²) >= 11 is 0. The van der Waals surface area contributed by atoms with Crippen molar-refractivity contribution in [3.8, 4) is 0 Å². The average Bonchev–Trinajstić information content (AvgIpc) is 2.13. The van der Waals surface area contributed by atoms with Gasteiger partial charge in [-0.2, -0.15) is 4.99 Å². The number of halogens is 1. The molecule has 2 amide bonds. The number of aliphatic imine (C=N–C) groups is 1. The molecule has 1 atom stereocenters. The van der Waals surface area contributed by atoms with Crippen LogP contribution in [0.1, 0.15) is 13.3 Å². The van der Waals surface area contributed by atoms with Gasteiger partial charge < -0.3 is 5.73 Å². The molecule has 0 spiro atoms. The first-order valence-corrected chi connectivity index (χ1v) is 4.04. The number of carbonyl (C=O) groups is 1. The minimum Gasteiger partial charge on any atom is -0.387 e. The topological polar surface area (TPSA) is 58.7 Å². The van der Waals surface area contributed by atoms with E-state index in [4.69, 9.17) is 5.73 Å². The maximum absolute atomic E-state index is 12.6. The third kappa shape index (κ3) is 2.85. The van der Waals surface area contributed by atoms with Crippen molar-refractivity contribution in [3.05, 3.63) is 12.3 Å². The van der Waals surface area contributed by atoms with E-state index < -0.39 is 12.2 Å². The summed E-state index contributed by atoms with van der Waals surface area (Å²) in [6.45, 7) is 1.41. The minimum absolute atomic E-state index is 0.0200. The Balaban J connectivity index is 2.70. The van der Waals surface area contributed by atoms with Crippen LogP contribution in [0.3, 0.4) is 0 Å². The Labute approximate surface area is 75.9 Å². The minimum atomic E-state index is -1.07. The van der Waals surface area contributed by atoms with Crippen LogP contribution in [0.2, 0.25) is 0 Å². The molecule has 72 valence electrons. The van der Waals surface area contributed by atoms with Gasteiger partial charge >= 0.3 is 6.03 Å². The van der Waals surface area contributed by atoms with E-state index in [-0.39, 0.29) is 12.4 Å². The van der Waals surface area contributed by atoms with Gasteiger partial charge in [-0.1, -0.05) is 6.08 Å². The van der Waals surface area contributed by atoms with Crippen LogP contribution < -0.4 is 5.73 Å². The highest BCUT2D eigenvalue weighted by atomic mass is 19.1. The molecule has 0 saturated heterocycles. The zero-order valence-corrected chi connectivity index (χ0v) is 7.40. The summed E-state index contributed by atoms with van der Waals surface area (Å²) in [4.78, 5) is 16.0. The standard InChI is InChI=1S/C8H12FN3O/c1-6(9)5-12-4-2-3-7(10)11-8(12)13/h2,4,6H,3,5H2,1H3,(H2,10,11,13)/t6-/m1/s1. The highest BCUT2D eigenvalue weighted by Gasteiger charge is 2.15. The number of amidine groups is 1. The smallest absolute Gasteiger partial charge is 0.349 e. The van der Waals surface area contributed by atoms with Crippen LogP contribution in [0, 0.1) is 0 Å². The lowest BCUT2D eigenvalue weighted by molar-refractivity contribution is 0.210. The summed E-state index contributed by atoms with van der Waals surface area (Å²) in [5.74, 6) is 0.260. The molecule has 0 aromatic heterocycles. The predicted octanol–water partition coefficient (Wildman–Crippen LogP) is 1.04. The molecule has 4 nitrogen and oxygen atoms in total. The molecule has 0 saturated carbocycles. The van der Waals surface area contributed by atoms with Crippen LogP contribution in [0.5, 0.6) is 0 Å². The number of nitrogens with two attached hydrogens (primary N) is 1. The molecule has 1 aliphatic rings. The SMILES string of the molecule is C[C@@H](F)CN1C=CCC(N)=NC1=O. The summed E-state index contributed by atoms with van der Waals surface area (Å²) in [5.41, 5.74) is 5.38. The van der Waals surface area contributed by atoms with Crippen molar-refractivity contribution in [2.75, 3.05) is 6.54 Å². The van der Waals surface area contributed by atoms with Gasteiger partial charge in [0.2, 0.25) is 0 Å². The number of hydrogen-bond acceptors (Lipinski definition) is 2. The molecule has 2 N–H and O–H groups in total. The number of nitrogens with zero attached hydrogens (tertiary/aromatic N) is 2. The molecule has 0 unspecified atom stereocenters. The summed E-state index contributed by atoms with van der Waals surface area (Å²) < 4.78 is 12.6. The summed E-state index contributed by atoms with van der Waals surface area (Å²) in [6, 6.07) is -0.504. The largest absolute Gasteiger partial charge is 0.387 e. The zero-order valence-electron chi connectivity index (χ0n) is 7.40. The highest BCUT2D eigenvalue weighted by Crippen LogP contribution is 2.04. The van der Waals surface area contributed by atoms with E-state index in [1.54, 1.807) is 6.08 Å². The molecule has 0 fully saturated rings. The maximum Gasteiger partial charge on any atom is 0.349 e. The highest BCUT2D eigenvalue weighted by molar-refractivity contribution is 5.94. The first kappa shape index (κ1) is 9.70. The molecule has 0 aromatic carbocycles. The van der Waals surface area contributed by atoms with Crippen LogP contribution in [-0.4, -0.2) is 29.5 Å². The first-order valence-electron chi connectivity index (χ1n) is 4.04. The lowest BCUT2D eigenvalue weighted by Crippen LogP contribution is -2.28. The molecular formula is C8H12FN3O. The van der Waals surface area contributed by atoms with Crippen molar-refractivity contribution in [1.29, 1.82) is 0 Å². The number of amides is 2. The van der Waals surface area contributed by atoms with Gasteiger partial charge in [0.05, 0.1) is 6.54 Å². The maximum atomic E-state index is 12.6. The van der Waals surface area contributed by atoms with E-state index in [0.717, 1.165) is 0 Å². The Morgan fingerprint density at radius 3 is 3.15 bits per heavy atom. The number of hydrogen-bond donors (Lipinski definition) is 1. The Hall–Kier alpha value is -1.39. The van der Waals surface area contributed by atoms with Crippen LogP contribution in [0.15, 0.2) is 17.3 Å². The third-order valence-corrected chi connectivity index (χ3v) is 1.55. The van der Waals surface area contributed by atoms with Gasteiger partial charge in [-0.05, 0) is 6.92 Å². The Morgan fingerprint density at radius 1 is 1.85 bits per heavy atom. The summed E-state index contributed by atoms with van der Waals surface area (Å²) in [7, 11) is 0. The van der Waals surface area contributed by atoms with Crippen LogP contribution in [-0.2, 0) is 0 Å². The molecular weight excluding hydrogens is 173 g/mol. The fourth-order valence-electron chi connectivity index (χ4n) is 1.01. The predicted molar refractivity (Wildman–Crippen MR) is 48.1 cm³/mol. The molecule has 5 heteroatoms. The Bertz CT molecular complexity index is 260. The fraction of sp³-hybridized carbons (Fsp3) is 0.500. The molecule has 0 bridgehead atoms. The van der Waals surface area contributed by atoms with Crippen LogP contribution >= 0.6 is 0 Å². The van der Waals surface area contributed by atoms with Crippen molar-refractivity contribution in [1.82, 2.24) is 4.90 Å². The summed E-state index contributed by atoms with van der Waals surface area (Å²) in [6.07, 6.45) is 2.57. The van der Waals surface area contributed by atoms with Gasteiger partial charge in [-0.3, -0.25) is 4.90 Å². The van der Waals surface area contributed by atoms with Gasteiger partial charge in [0.15, 0.2) is 0 Å². The molecule has 1 heterocycles.